The third-order valence-electron chi connectivity index (χ3n) is 2.63. The van der Waals surface area contributed by atoms with Gasteiger partial charge < -0.3 is 15.4 Å². The molecule has 1 aromatic heterocycles. The van der Waals surface area contributed by atoms with Crippen molar-refractivity contribution in [1.82, 2.24) is 9.97 Å². The van der Waals surface area contributed by atoms with E-state index in [2.05, 4.69) is 9.97 Å². The number of nitrogens with zero attached hydrogens (tertiary/aromatic N) is 3. The Bertz CT molecular complexity index is 513. The number of ether oxygens (including phenoxy) is 1. The number of anilines is 2. The largest absolute Gasteiger partial charge is 0.497 e. The van der Waals surface area contributed by atoms with Gasteiger partial charge in [-0.1, -0.05) is 12.1 Å². The van der Waals surface area contributed by atoms with Crippen LogP contribution in [0.15, 0.2) is 36.5 Å². The summed E-state index contributed by atoms with van der Waals surface area (Å²) >= 11 is 0. The lowest BCUT2D eigenvalue weighted by atomic mass is 10.2. The zero-order valence-corrected chi connectivity index (χ0v) is 10.5. The molecule has 5 heteroatoms. The fourth-order valence-electron chi connectivity index (χ4n) is 1.66. The molecular weight excluding hydrogens is 228 g/mol. The first-order valence-electron chi connectivity index (χ1n) is 5.61. The second-order valence-electron chi connectivity index (χ2n) is 3.98. The molecule has 0 aliphatic carbocycles. The van der Waals surface area contributed by atoms with Crippen LogP contribution in [-0.2, 0) is 6.54 Å². The van der Waals surface area contributed by atoms with Gasteiger partial charge in [-0.2, -0.15) is 4.98 Å². The highest BCUT2D eigenvalue weighted by Crippen LogP contribution is 2.15. The molecule has 2 aromatic rings. The fourth-order valence-corrected chi connectivity index (χ4v) is 1.66. The van der Waals surface area contributed by atoms with Crippen molar-refractivity contribution in [1.29, 1.82) is 0 Å². The van der Waals surface area contributed by atoms with Crippen molar-refractivity contribution in [3.8, 4) is 5.75 Å². The molecule has 0 unspecified atom stereocenters. The van der Waals surface area contributed by atoms with Gasteiger partial charge in [0, 0.05) is 19.8 Å². The van der Waals surface area contributed by atoms with Gasteiger partial charge in [-0.15, -0.1) is 0 Å². The molecule has 0 bridgehead atoms. The lowest BCUT2D eigenvalue weighted by molar-refractivity contribution is 0.414. The minimum absolute atomic E-state index is 0.286. The Morgan fingerprint density at radius 1 is 1.22 bits per heavy atom. The van der Waals surface area contributed by atoms with Crippen molar-refractivity contribution in [3.05, 3.63) is 42.1 Å². The molecule has 0 saturated carbocycles. The molecule has 2 rings (SSSR count). The third kappa shape index (κ3) is 2.88. The highest BCUT2D eigenvalue weighted by atomic mass is 16.5. The van der Waals surface area contributed by atoms with Crippen molar-refractivity contribution < 1.29 is 4.74 Å². The molecule has 0 fully saturated rings. The van der Waals surface area contributed by atoms with Crippen LogP contribution in [0.4, 0.5) is 11.8 Å². The number of hydrogen-bond acceptors (Lipinski definition) is 5. The zero-order chi connectivity index (χ0) is 13.0. The first kappa shape index (κ1) is 12.2. The van der Waals surface area contributed by atoms with E-state index in [1.807, 2.05) is 42.3 Å². The minimum Gasteiger partial charge on any atom is -0.497 e. The molecule has 1 aromatic carbocycles. The number of rotatable bonds is 4. The molecule has 94 valence electrons. The van der Waals surface area contributed by atoms with E-state index in [9.17, 15) is 0 Å². The Hall–Kier alpha value is -2.30. The maximum Gasteiger partial charge on any atom is 0.221 e. The van der Waals surface area contributed by atoms with Crippen LogP contribution in [-0.4, -0.2) is 24.1 Å². The van der Waals surface area contributed by atoms with Crippen molar-refractivity contribution in [2.24, 2.45) is 0 Å². The van der Waals surface area contributed by atoms with Crippen molar-refractivity contribution in [2.75, 3.05) is 24.8 Å². The normalized spacial score (nSPS) is 10.1. The Morgan fingerprint density at radius 3 is 2.56 bits per heavy atom. The summed E-state index contributed by atoms with van der Waals surface area (Å²) in [5.41, 5.74) is 6.74. The van der Waals surface area contributed by atoms with Gasteiger partial charge in [0.25, 0.3) is 0 Å². The highest BCUT2D eigenvalue weighted by Gasteiger charge is 2.04. The van der Waals surface area contributed by atoms with E-state index in [0.717, 1.165) is 18.1 Å². The second kappa shape index (κ2) is 5.35. The number of aromatic nitrogens is 2. The Labute approximate surface area is 106 Å². The van der Waals surface area contributed by atoms with Gasteiger partial charge in [-0.05, 0) is 23.8 Å². The number of methoxy groups -OCH3 is 1. The number of nitrogens with two attached hydrogens (primary N) is 1. The van der Waals surface area contributed by atoms with Gasteiger partial charge in [0.15, 0.2) is 0 Å². The predicted molar refractivity (Wildman–Crippen MR) is 71.5 cm³/mol. The van der Waals surface area contributed by atoms with E-state index < -0.39 is 0 Å². The topological polar surface area (TPSA) is 64.3 Å². The lowest BCUT2D eigenvalue weighted by Gasteiger charge is -2.18. The van der Waals surface area contributed by atoms with Crippen LogP contribution in [0, 0.1) is 0 Å². The summed E-state index contributed by atoms with van der Waals surface area (Å²) in [5, 5.41) is 0. The molecule has 0 radical (unpaired) electrons. The van der Waals surface area contributed by atoms with E-state index in [1.165, 1.54) is 5.56 Å². The summed E-state index contributed by atoms with van der Waals surface area (Å²) < 4.78 is 5.12. The van der Waals surface area contributed by atoms with Crippen molar-refractivity contribution in [3.63, 3.8) is 0 Å². The quantitative estimate of drug-likeness (QED) is 0.886. The maximum atomic E-state index is 5.56. The molecule has 18 heavy (non-hydrogen) atoms. The molecule has 0 atom stereocenters. The van der Waals surface area contributed by atoms with Crippen molar-refractivity contribution >= 4 is 11.8 Å². The predicted octanol–water partition coefficient (Wildman–Crippen LogP) is 1.70. The molecule has 1 heterocycles. The van der Waals surface area contributed by atoms with Crippen LogP contribution in [0.1, 0.15) is 5.56 Å². The second-order valence-corrected chi connectivity index (χ2v) is 3.98. The smallest absolute Gasteiger partial charge is 0.221 e. The molecule has 5 nitrogen and oxygen atoms in total. The van der Waals surface area contributed by atoms with Crippen molar-refractivity contribution in [2.45, 2.75) is 6.54 Å². The Morgan fingerprint density at radius 2 is 1.94 bits per heavy atom. The maximum absolute atomic E-state index is 5.56. The monoisotopic (exact) mass is 244 g/mol. The molecule has 0 saturated heterocycles. The molecule has 2 N–H and O–H groups in total. The molecule has 0 spiro atoms. The number of hydrogen-bond donors (Lipinski definition) is 1. The number of benzene rings is 1. The summed E-state index contributed by atoms with van der Waals surface area (Å²) in [7, 11) is 3.62. The van der Waals surface area contributed by atoms with Gasteiger partial charge in [0.1, 0.15) is 11.6 Å². The van der Waals surface area contributed by atoms with E-state index in [0.29, 0.717) is 0 Å². The minimum atomic E-state index is 0.286. The Kier molecular flexibility index (Phi) is 3.62. The van der Waals surface area contributed by atoms with E-state index in [4.69, 9.17) is 10.5 Å². The summed E-state index contributed by atoms with van der Waals surface area (Å²) in [4.78, 5) is 10.1. The third-order valence-corrected chi connectivity index (χ3v) is 2.63. The van der Waals surface area contributed by atoms with Gasteiger partial charge in [-0.3, -0.25) is 0 Å². The summed E-state index contributed by atoms with van der Waals surface area (Å²) in [6, 6.07) is 9.77. The summed E-state index contributed by atoms with van der Waals surface area (Å²) in [6.07, 6.45) is 1.65. The SMILES string of the molecule is COc1ccc(CN(C)c2ccnc(N)n2)cc1. The highest BCUT2D eigenvalue weighted by molar-refractivity contribution is 5.41. The van der Waals surface area contributed by atoms with E-state index in [-0.39, 0.29) is 5.95 Å². The van der Waals surface area contributed by atoms with Gasteiger partial charge in [0.05, 0.1) is 7.11 Å². The molecular formula is C13H16N4O. The van der Waals surface area contributed by atoms with Crippen LogP contribution < -0.4 is 15.4 Å². The molecule has 0 aliphatic rings. The number of nitrogen functional groups attached to an aromatic ring is 1. The first-order valence-corrected chi connectivity index (χ1v) is 5.61. The lowest BCUT2D eigenvalue weighted by Crippen LogP contribution is -2.18. The fraction of sp³-hybridized carbons (Fsp3) is 0.231. The van der Waals surface area contributed by atoms with Crippen LogP contribution in [0.2, 0.25) is 0 Å². The molecule has 0 aliphatic heterocycles. The van der Waals surface area contributed by atoms with E-state index >= 15 is 0 Å². The van der Waals surface area contributed by atoms with Gasteiger partial charge >= 0.3 is 0 Å². The van der Waals surface area contributed by atoms with Crippen LogP contribution in [0.5, 0.6) is 5.75 Å². The van der Waals surface area contributed by atoms with Gasteiger partial charge in [-0.25, -0.2) is 4.98 Å². The first-order chi connectivity index (χ1) is 8.69. The summed E-state index contributed by atoms with van der Waals surface area (Å²) in [6.45, 7) is 0.750. The zero-order valence-electron chi connectivity index (χ0n) is 10.5. The standard InChI is InChI=1S/C13H16N4O/c1-17(12-7-8-15-13(14)16-12)9-10-3-5-11(18-2)6-4-10/h3-8H,9H2,1-2H3,(H2,14,15,16). The van der Waals surface area contributed by atoms with Crippen LogP contribution in [0.3, 0.4) is 0 Å². The van der Waals surface area contributed by atoms with Crippen LogP contribution >= 0.6 is 0 Å². The average molecular weight is 244 g/mol. The van der Waals surface area contributed by atoms with Crippen LogP contribution in [0.25, 0.3) is 0 Å². The van der Waals surface area contributed by atoms with Gasteiger partial charge in [0.2, 0.25) is 5.95 Å². The average Bonchev–Trinajstić information content (AvgIpc) is 2.39. The Balaban J connectivity index is 2.08. The molecule has 0 amide bonds. The summed E-state index contributed by atoms with van der Waals surface area (Å²) in [5.74, 6) is 1.94. The van der Waals surface area contributed by atoms with E-state index in [1.54, 1.807) is 13.3 Å².